The molecule has 2 aromatic rings. The van der Waals surface area contributed by atoms with Gasteiger partial charge in [-0.3, -0.25) is 9.78 Å². The molecule has 0 saturated carbocycles. The normalized spacial score (nSPS) is 31.3. The van der Waals surface area contributed by atoms with Crippen LogP contribution in [0.15, 0.2) is 17.1 Å². The van der Waals surface area contributed by atoms with Gasteiger partial charge in [0.05, 0.1) is 28.6 Å². The number of hydrogen-bond acceptors (Lipinski definition) is 7. The second-order valence-electron chi connectivity index (χ2n) is 7.91. The average molecular weight is 385 g/mol. The molecule has 7 nitrogen and oxygen atoms in total. The van der Waals surface area contributed by atoms with E-state index in [2.05, 4.69) is 20.2 Å². The lowest BCUT2D eigenvalue weighted by Gasteiger charge is -2.29. The molecule has 2 aromatic heterocycles. The zero-order chi connectivity index (χ0) is 18.6. The Hall–Kier alpha value is -2.06. The van der Waals surface area contributed by atoms with Gasteiger partial charge in [0.2, 0.25) is 0 Å². The van der Waals surface area contributed by atoms with Crippen LogP contribution in [-0.2, 0) is 4.74 Å². The van der Waals surface area contributed by atoms with E-state index >= 15 is 0 Å². The van der Waals surface area contributed by atoms with Crippen LogP contribution in [0.25, 0.3) is 0 Å². The topological polar surface area (TPSA) is 80.2 Å². The standard InChI is InChI=1S/C19H23N5O2S/c1-11-5-20-12(2)17(23-11)24-7-14-13(16-3-4-19(14,9-24)26-16)6-21-18(25)15-8-27-10-22-15/h5,8,10,13-14,16H,3-4,6-7,9H2,1-2H3,(H,21,25)/t13-,14+,16+,19+/m0/s1. The second kappa shape index (κ2) is 6.24. The Morgan fingerprint density at radius 2 is 2.33 bits per heavy atom. The Kier molecular flexibility index (Phi) is 3.94. The fraction of sp³-hybridized carbons (Fsp3) is 0.579. The summed E-state index contributed by atoms with van der Waals surface area (Å²) in [4.78, 5) is 27.9. The van der Waals surface area contributed by atoms with Crippen LogP contribution < -0.4 is 10.2 Å². The van der Waals surface area contributed by atoms with Crippen LogP contribution in [-0.4, -0.2) is 52.2 Å². The van der Waals surface area contributed by atoms with E-state index in [0.29, 0.717) is 24.1 Å². The first-order valence-corrected chi connectivity index (χ1v) is 10.4. The van der Waals surface area contributed by atoms with Gasteiger partial charge in [0, 0.05) is 43.0 Å². The van der Waals surface area contributed by atoms with Crippen LogP contribution in [0.3, 0.4) is 0 Å². The number of anilines is 1. The zero-order valence-electron chi connectivity index (χ0n) is 15.5. The fourth-order valence-electron chi connectivity index (χ4n) is 5.07. The number of carbonyl (C=O) groups excluding carboxylic acids is 1. The van der Waals surface area contributed by atoms with Gasteiger partial charge in [0.15, 0.2) is 0 Å². The number of ether oxygens (including phenoxy) is 1. The lowest BCUT2D eigenvalue weighted by atomic mass is 9.73. The van der Waals surface area contributed by atoms with Gasteiger partial charge in [-0.1, -0.05) is 0 Å². The van der Waals surface area contributed by atoms with E-state index in [1.165, 1.54) is 11.3 Å². The molecule has 5 heterocycles. The number of carbonyl (C=O) groups is 1. The first-order chi connectivity index (χ1) is 13.1. The maximum atomic E-state index is 12.3. The summed E-state index contributed by atoms with van der Waals surface area (Å²) in [5, 5.41) is 4.86. The van der Waals surface area contributed by atoms with Crippen LogP contribution in [0.2, 0.25) is 0 Å². The Morgan fingerprint density at radius 1 is 1.44 bits per heavy atom. The van der Waals surface area contributed by atoms with E-state index in [0.717, 1.165) is 43.1 Å². The third kappa shape index (κ3) is 2.73. The number of amides is 1. The summed E-state index contributed by atoms with van der Waals surface area (Å²) in [5.74, 6) is 1.62. The number of nitrogens with zero attached hydrogens (tertiary/aromatic N) is 4. The van der Waals surface area contributed by atoms with E-state index in [1.54, 1.807) is 10.9 Å². The smallest absolute Gasteiger partial charge is 0.270 e. The number of rotatable bonds is 4. The molecule has 5 rings (SSSR count). The minimum Gasteiger partial charge on any atom is -0.369 e. The summed E-state index contributed by atoms with van der Waals surface area (Å²) in [7, 11) is 0. The Bertz CT molecular complexity index is 873. The summed E-state index contributed by atoms with van der Waals surface area (Å²) < 4.78 is 6.49. The molecule has 1 spiro atoms. The van der Waals surface area contributed by atoms with Gasteiger partial charge in [0.25, 0.3) is 5.91 Å². The van der Waals surface area contributed by atoms with E-state index < -0.39 is 0 Å². The molecule has 1 N–H and O–H groups in total. The van der Waals surface area contributed by atoms with Crippen molar-refractivity contribution in [2.45, 2.75) is 38.4 Å². The van der Waals surface area contributed by atoms with Crippen molar-refractivity contribution in [3.8, 4) is 0 Å². The average Bonchev–Trinajstić information content (AvgIpc) is 3.42. The number of thiazole rings is 1. The SMILES string of the molecule is Cc1cnc(C)c(N2C[C@@H]3[C@H](CNC(=O)c4cscn4)[C@H]4CC[C@]3(C2)O4)n1. The van der Waals surface area contributed by atoms with Crippen molar-refractivity contribution in [2.24, 2.45) is 11.8 Å². The number of nitrogens with one attached hydrogen (secondary N) is 1. The molecule has 0 aromatic carbocycles. The molecule has 142 valence electrons. The highest BCUT2D eigenvalue weighted by atomic mass is 32.1. The quantitative estimate of drug-likeness (QED) is 0.867. The summed E-state index contributed by atoms with van der Waals surface area (Å²) in [6.07, 6.45) is 4.22. The fourth-order valence-corrected chi connectivity index (χ4v) is 5.61. The van der Waals surface area contributed by atoms with Crippen molar-refractivity contribution in [3.63, 3.8) is 0 Å². The summed E-state index contributed by atoms with van der Waals surface area (Å²) in [6.45, 7) is 6.40. The molecule has 3 fully saturated rings. The van der Waals surface area contributed by atoms with Crippen molar-refractivity contribution in [1.29, 1.82) is 0 Å². The van der Waals surface area contributed by atoms with Crippen LogP contribution in [0.1, 0.15) is 34.7 Å². The molecule has 27 heavy (non-hydrogen) atoms. The highest BCUT2D eigenvalue weighted by Gasteiger charge is 2.63. The van der Waals surface area contributed by atoms with Crippen LogP contribution >= 0.6 is 11.3 Å². The first-order valence-electron chi connectivity index (χ1n) is 9.45. The van der Waals surface area contributed by atoms with Gasteiger partial charge in [0.1, 0.15) is 11.5 Å². The van der Waals surface area contributed by atoms with E-state index in [4.69, 9.17) is 9.72 Å². The van der Waals surface area contributed by atoms with Gasteiger partial charge in [-0.05, 0) is 26.7 Å². The second-order valence-corrected chi connectivity index (χ2v) is 8.63. The van der Waals surface area contributed by atoms with E-state index in [-0.39, 0.29) is 17.6 Å². The summed E-state index contributed by atoms with van der Waals surface area (Å²) in [6, 6.07) is 0. The van der Waals surface area contributed by atoms with E-state index in [9.17, 15) is 4.79 Å². The summed E-state index contributed by atoms with van der Waals surface area (Å²) in [5.41, 5.74) is 3.98. The number of aromatic nitrogens is 3. The van der Waals surface area contributed by atoms with Crippen LogP contribution in [0.4, 0.5) is 5.82 Å². The highest BCUT2D eigenvalue weighted by molar-refractivity contribution is 7.07. The molecule has 8 heteroatoms. The van der Waals surface area contributed by atoms with Crippen molar-refractivity contribution in [3.05, 3.63) is 34.2 Å². The molecule has 3 aliphatic heterocycles. The lowest BCUT2D eigenvalue weighted by Crippen LogP contribution is -2.42. The minimum atomic E-state index is -0.0987. The van der Waals surface area contributed by atoms with Crippen molar-refractivity contribution in [1.82, 2.24) is 20.3 Å². The van der Waals surface area contributed by atoms with Crippen molar-refractivity contribution < 1.29 is 9.53 Å². The predicted molar refractivity (Wildman–Crippen MR) is 102 cm³/mol. The molecule has 4 atom stereocenters. The van der Waals surface area contributed by atoms with Crippen molar-refractivity contribution in [2.75, 3.05) is 24.5 Å². The van der Waals surface area contributed by atoms with E-state index in [1.807, 2.05) is 20.0 Å². The van der Waals surface area contributed by atoms with Gasteiger partial charge in [-0.25, -0.2) is 9.97 Å². The molecular weight excluding hydrogens is 362 g/mol. The third-order valence-corrected chi connectivity index (χ3v) is 6.88. The monoisotopic (exact) mass is 385 g/mol. The first kappa shape index (κ1) is 17.1. The largest absolute Gasteiger partial charge is 0.369 e. The Balaban J connectivity index is 1.33. The molecule has 1 amide bonds. The summed E-state index contributed by atoms with van der Waals surface area (Å²) >= 11 is 1.44. The molecule has 0 aliphatic carbocycles. The Labute approximate surface area is 162 Å². The van der Waals surface area contributed by atoms with Crippen LogP contribution in [0.5, 0.6) is 0 Å². The molecule has 0 radical (unpaired) electrons. The van der Waals surface area contributed by atoms with Gasteiger partial charge in [-0.2, -0.15) is 0 Å². The van der Waals surface area contributed by atoms with Crippen LogP contribution in [0, 0.1) is 25.7 Å². The number of hydrogen-bond donors (Lipinski definition) is 1. The Morgan fingerprint density at radius 3 is 3.15 bits per heavy atom. The predicted octanol–water partition coefficient (Wildman–Crippen LogP) is 1.96. The van der Waals surface area contributed by atoms with Crippen molar-refractivity contribution >= 4 is 23.1 Å². The molecule has 0 unspecified atom stereocenters. The molecule has 3 saturated heterocycles. The molecule has 2 bridgehead atoms. The zero-order valence-corrected chi connectivity index (χ0v) is 16.3. The maximum Gasteiger partial charge on any atom is 0.270 e. The molecule has 3 aliphatic rings. The van der Waals surface area contributed by atoms with Gasteiger partial charge in [-0.15, -0.1) is 11.3 Å². The molecular formula is C19H23N5O2S. The lowest BCUT2D eigenvalue weighted by molar-refractivity contribution is 0.0141. The third-order valence-electron chi connectivity index (χ3n) is 6.30. The number of fused-ring (bicyclic) bond motifs is 1. The van der Waals surface area contributed by atoms with Gasteiger partial charge >= 0.3 is 0 Å². The highest BCUT2D eigenvalue weighted by Crippen LogP contribution is 2.55. The minimum absolute atomic E-state index is 0.0941. The number of aryl methyl sites for hydroxylation is 2. The van der Waals surface area contributed by atoms with Gasteiger partial charge < -0.3 is 15.0 Å². The maximum absolute atomic E-state index is 12.3.